The Morgan fingerprint density at radius 2 is 2.12 bits per heavy atom. The monoisotopic (exact) mass is 255 g/mol. The summed E-state index contributed by atoms with van der Waals surface area (Å²) in [4.78, 5) is 0. The molecule has 1 atom stereocenters. The van der Waals surface area contributed by atoms with Crippen LogP contribution in [0.4, 0.5) is 4.39 Å². The van der Waals surface area contributed by atoms with Gasteiger partial charge in [-0.2, -0.15) is 0 Å². The predicted octanol–water partition coefficient (Wildman–Crippen LogP) is 4.32. The lowest BCUT2D eigenvalue weighted by molar-refractivity contribution is 0.403. The highest BCUT2D eigenvalue weighted by atomic mass is 35.5. The average Bonchev–Trinajstić information content (AvgIpc) is 2.83. The van der Waals surface area contributed by atoms with E-state index in [1.807, 2.05) is 19.2 Å². The van der Waals surface area contributed by atoms with Crippen molar-refractivity contribution in [3.05, 3.63) is 34.6 Å². The number of benzene rings is 1. The van der Waals surface area contributed by atoms with Crippen LogP contribution in [-0.2, 0) is 0 Å². The minimum Gasteiger partial charge on any atom is -0.313 e. The third-order valence-corrected chi connectivity index (χ3v) is 4.04. The second-order valence-corrected chi connectivity index (χ2v) is 5.28. The highest BCUT2D eigenvalue weighted by molar-refractivity contribution is 6.30. The van der Waals surface area contributed by atoms with Crippen LogP contribution in [0.25, 0.3) is 0 Å². The van der Waals surface area contributed by atoms with E-state index in [1.165, 1.54) is 25.7 Å². The van der Waals surface area contributed by atoms with Crippen LogP contribution in [0, 0.1) is 11.7 Å². The Balaban J connectivity index is 2.13. The maximum absolute atomic E-state index is 13.9. The van der Waals surface area contributed by atoms with E-state index in [4.69, 9.17) is 11.6 Å². The highest BCUT2D eigenvalue weighted by Crippen LogP contribution is 2.34. The summed E-state index contributed by atoms with van der Waals surface area (Å²) >= 11 is 5.83. The summed E-state index contributed by atoms with van der Waals surface area (Å²) in [7, 11) is 1.89. The SMILES string of the molecule is CNC(CC1CCCC1)c1cccc(Cl)c1F. The van der Waals surface area contributed by atoms with E-state index in [0.717, 1.165) is 12.3 Å². The van der Waals surface area contributed by atoms with Crippen molar-refractivity contribution in [3.8, 4) is 0 Å². The zero-order valence-corrected chi connectivity index (χ0v) is 10.9. The van der Waals surface area contributed by atoms with Crippen LogP contribution in [-0.4, -0.2) is 7.05 Å². The van der Waals surface area contributed by atoms with E-state index in [9.17, 15) is 4.39 Å². The van der Waals surface area contributed by atoms with Gasteiger partial charge in [-0.1, -0.05) is 49.4 Å². The van der Waals surface area contributed by atoms with Gasteiger partial charge in [0.25, 0.3) is 0 Å². The standard InChI is InChI=1S/C14H19ClFN/c1-17-13(9-10-5-2-3-6-10)11-7-4-8-12(15)14(11)16/h4,7-8,10,13,17H,2-3,5-6,9H2,1H3. The smallest absolute Gasteiger partial charge is 0.146 e. The van der Waals surface area contributed by atoms with Gasteiger partial charge in [-0.05, 0) is 25.5 Å². The molecule has 1 N–H and O–H groups in total. The Labute approximate surface area is 107 Å². The van der Waals surface area contributed by atoms with E-state index >= 15 is 0 Å². The van der Waals surface area contributed by atoms with Crippen molar-refractivity contribution in [1.82, 2.24) is 5.32 Å². The summed E-state index contributed by atoms with van der Waals surface area (Å²) < 4.78 is 13.9. The Kier molecular flexibility index (Phi) is 4.41. The summed E-state index contributed by atoms with van der Waals surface area (Å²) in [5.41, 5.74) is 0.701. The average molecular weight is 256 g/mol. The molecule has 0 amide bonds. The van der Waals surface area contributed by atoms with Crippen molar-refractivity contribution < 1.29 is 4.39 Å². The molecule has 1 nitrogen and oxygen atoms in total. The summed E-state index contributed by atoms with van der Waals surface area (Å²) in [5.74, 6) is 0.456. The first kappa shape index (κ1) is 12.8. The van der Waals surface area contributed by atoms with E-state index in [1.54, 1.807) is 6.07 Å². The van der Waals surface area contributed by atoms with Crippen LogP contribution in [0.1, 0.15) is 43.7 Å². The molecule has 2 rings (SSSR count). The van der Waals surface area contributed by atoms with E-state index in [-0.39, 0.29) is 16.9 Å². The molecule has 0 saturated heterocycles. The van der Waals surface area contributed by atoms with Gasteiger partial charge in [-0.15, -0.1) is 0 Å². The molecule has 0 heterocycles. The molecule has 0 aliphatic heterocycles. The number of halogens is 2. The first-order chi connectivity index (χ1) is 8.22. The molecule has 0 aromatic heterocycles. The normalized spacial score (nSPS) is 18.5. The fourth-order valence-electron chi connectivity index (χ4n) is 2.77. The van der Waals surface area contributed by atoms with Gasteiger partial charge in [0.05, 0.1) is 5.02 Å². The second-order valence-electron chi connectivity index (χ2n) is 4.87. The first-order valence-electron chi connectivity index (χ1n) is 6.33. The lowest BCUT2D eigenvalue weighted by Gasteiger charge is -2.21. The summed E-state index contributed by atoms with van der Waals surface area (Å²) in [5, 5.41) is 3.43. The van der Waals surface area contributed by atoms with E-state index in [0.29, 0.717) is 5.56 Å². The Morgan fingerprint density at radius 3 is 2.76 bits per heavy atom. The molecule has 1 aliphatic rings. The minimum absolute atomic E-state index is 0.0804. The van der Waals surface area contributed by atoms with Crippen LogP contribution in [0.5, 0.6) is 0 Å². The Bertz CT molecular complexity index is 374. The second kappa shape index (κ2) is 5.83. The molecule has 1 aliphatic carbocycles. The van der Waals surface area contributed by atoms with Gasteiger partial charge in [0.1, 0.15) is 5.82 Å². The van der Waals surface area contributed by atoms with Crippen LogP contribution >= 0.6 is 11.6 Å². The molecule has 1 saturated carbocycles. The van der Waals surface area contributed by atoms with Gasteiger partial charge in [0, 0.05) is 11.6 Å². The fraction of sp³-hybridized carbons (Fsp3) is 0.571. The molecular weight excluding hydrogens is 237 g/mol. The van der Waals surface area contributed by atoms with Gasteiger partial charge in [0.2, 0.25) is 0 Å². The predicted molar refractivity (Wildman–Crippen MR) is 69.8 cm³/mol. The highest BCUT2D eigenvalue weighted by Gasteiger charge is 2.22. The zero-order valence-electron chi connectivity index (χ0n) is 10.2. The molecule has 1 aromatic rings. The molecule has 3 heteroatoms. The van der Waals surface area contributed by atoms with E-state index < -0.39 is 0 Å². The zero-order chi connectivity index (χ0) is 12.3. The van der Waals surface area contributed by atoms with Crippen molar-refractivity contribution in [2.24, 2.45) is 5.92 Å². The molecule has 1 unspecified atom stereocenters. The van der Waals surface area contributed by atoms with Gasteiger partial charge < -0.3 is 5.32 Å². The quantitative estimate of drug-likeness (QED) is 0.845. The lowest BCUT2D eigenvalue weighted by atomic mass is 9.93. The Morgan fingerprint density at radius 1 is 1.41 bits per heavy atom. The number of hydrogen-bond acceptors (Lipinski definition) is 1. The third-order valence-electron chi connectivity index (χ3n) is 3.75. The summed E-state index contributed by atoms with van der Waals surface area (Å²) in [6, 6.07) is 5.33. The molecule has 0 bridgehead atoms. The third kappa shape index (κ3) is 2.99. The van der Waals surface area contributed by atoms with Gasteiger partial charge in [0.15, 0.2) is 0 Å². The van der Waals surface area contributed by atoms with Gasteiger partial charge in [-0.3, -0.25) is 0 Å². The van der Waals surface area contributed by atoms with E-state index in [2.05, 4.69) is 5.32 Å². The first-order valence-corrected chi connectivity index (χ1v) is 6.71. The fourth-order valence-corrected chi connectivity index (χ4v) is 2.95. The van der Waals surface area contributed by atoms with Crippen molar-refractivity contribution in [2.75, 3.05) is 7.05 Å². The van der Waals surface area contributed by atoms with Crippen LogP contribution in [0.3, 0.4) is 0 Å². The van der Waals surface area contributed by atoms with Gasteiger partial charge in [-0.25, -0.2) is 4.39 Å². The molecule has 0 radical (unpaired) electrons. The number of hydrogen-bond donors (Lipinski definition) is 1. The lowest BCUT2D eigenvalue weighted by Crippen LogP contribution is -2.20. The maximum atomic E-state index is 13.9. The molecular formula is C14H19ClFN. The molecule has 17 heavy (non-hydrogen) atoms. The number of rotatable bonds is 4. The summed E-state index contributed by atoms with van der Waals surface area (Å²) in [6.07, 6.45) is 6.20. The van der Waals surface area contributed by atoms with Crippen molar-refractivity contribution >= 4 is 11.6 Å². The van der Waals surface area contributed by atoms with Crippen molar-refractivity contribution in [3.63, 3.8) is 0 Å². The largest absolute Gasteiger partial charge is 0.313 e. The molecule has 1 aromatic carbocycles. The van der Waals surface area contributed by atoms with Gasteiger partial charge >= 0.3 is 0 Å². The minimum atomic E-state index is -0.272. The maximum Gasteiger partial charge on any atom is 0.146 e. The topological polar surface area (TPSA) is 12.0 Å². The molecule has 1 fully saturated rings. The van der Waals surface area contributed by atoms with Crippen LogP contribution in [0.15, 0.2) is 18.2 Å². The summed E-state index contributed by atoms with van der Waals surface area (Å²) in [6.45, 7) is 0. The van der Waals surface area contributed by atoms with Crippen molar-refractivity contribution in [2.45, 2.75) is 38.1 Å². The van der Waals surface area contributed by atoms with Crippen LogP contribution in [0.2, 0.25) is 5.02 Å². The van der Waals surface area contributed by atoms with Crippen LogP contribution < -0.4 is 5.32 Å². The Hall–Kier alpha value is -0.600. The van der Waals surface area contributed by atoms with Crippen molar-refractivity contribution in [1.29, 1.82) is 0 Å². The number of nitrogens with one attached hydrogen (secondary N) is 1. The molecule has 0 spiro atoms. The molecule has 94 valence electrons.